The molecule has 1 aromatic carbocycles. The van der Waals surface area contributed by atoms with E-state index in [0.717, 1.165) is 6.92 Å². The lowest BCUT2D eigenvalue weighted by Crippen LogP contribution is -2.22. The molecule has 0 aliphatic rings. The summed E-state index contributed by atoms with van der Waals surface area (Å²) in [4.78, 5) is 12.1. The Morgan fingerprint density at radius 1 is 1.23 bits per heavy atom. The number of rotatable bonds is 6. The van der Waals surface area contributed by atoms with E-state index in [9.17, 15) is 18.0 Å². The van der Waals surface area contributed by atoms with Gasteiger partial charge in [0.25, 0.3) is 0 Å². The van der Waals surface area contributed by atoms with Crippen molar-refractivity contribution in [1.82, 2.24) is 0 Å². The Morgan fingerprint density at radius 3 is 2.27 bits per heavy atom. The van der Waals surface area contributed by atoms with E-state index in [1.54, 1.807) is 0 Å². The summed E-state index contributed by atoms with van der Waals surface area (Å²) in [6.45, 7) is 10.0. The number of hydrogen-bond acceptors (Lipinski definition) is 2. The number of carbonyl (C=O) groups is 1. The van der Waals surface area contributed by atoms with E-state index in [1.165, 1.54) is 13.0 Å². The third-order valence-corrected chi connectivity index (χ3v) is 3.46. The summed E-state index contributed by atoms with van der Waals surface area (Å²) in [6, 6.07) is 0. The second-order valence-electron chi connectivity index (χ2n) is 5.62. The lowest BCUT2D eigenvalue weighted by Gasteiger charge is -2.17. The van der Waals surface area contributed by atoms with Crippen LogP contribution in [0.25, 0.3) is 0 Å². The van der Waals surface area contributed by atoms with E-state index in [-0.39, 0.29) is 17.9 Å². The summed E-state index contributed by atoms with van der Waals surface area (Å²) in [5, 5.41) is 0. The van der Waals surface area contributed by atoms with E-state index < -0.39 is 40.7 Å². The van der Waals surface area contributed by atoms with Crippen molar-refractivity contribution < 1.29 is 22.7 Å². The van der Waals surface area contributed by atoms with E-state index >= 15 is 0 Å². The first-order valence-corrected chi connectivity index (χ1v) is 7.24. The van der Waals surface area contributed by atoms with Crippen LogP contribution in [-0.2, 0) is 11.2 Å². The summed E-state index contributed by atoms with van der Waals surface area (Å²) >= 11 is 0. The summed E-state index contributed by atoms with van der Waals surface area (Å²) in [7, 11) is 0. The van der Waals surface area contributed by atoms with Gasteiger partial charge in [0, 0.05) is 11.1 Å². The van der Waals surface area contributed by atoms with Crippen molar-refractivity contribution >= 4 is 5.97 Å². The molecule has 0 aliphatic heterocycles. The Morgan fingerprint density at radius 2 is 1.82 bits per heavy atom. The van der Waals surface area contributed by atoms with Crippen LogP contribution in [0.1, 0.15) is 38.3 Å². The molecule has 0 aromatic heterocycles. The van der Waals surface area contributed by atoms with Crippen LogP contribution in [0.2, 0.25) is 0 Å². The average Bonchev–Trinajstić information content (AvgIpc) is 2.48. The molecule has 0 heterocycles. The van der Waals surface area contributed by atoms with Crippen LogP contribution < -0.4 is 4.74 Å². The third kappa shape index (κ3) is 3.70. The normalized spacial score (nSPS) is 12.4. The third-order valence-electron chi connectivity index (χ3n) is 3.46. The zero-order valence-corrected chi connectivity index (χ0v) is 13.3. The molecular formula is C17H21F3O2. The van der Waals surface area contributed by atoms with Gasteiger partial charge in [0.05, 0.1) is 5.92 Å². The molecule has 5 heteroatoms. The summed E-state index contributed by atoms with van der Waals surface area (Å²) < 4.78 is 46.7. The molecule has 0 aliphatic carbocycles. The van der Waals surface area contributed by atoms with E-state index in [4.69, 9.17) is 4.74 Å². The van der Waals surface area contributed by atoms with Crippen LogP contribution in [-0.4, -0.2) is 5.97 Å². The summed E-state index contributed by atoms with van der Waals surface area (Å²) in [5.74, 6) is -5.14. The highest BCUT2D eigenvalue weighted by Crippen LogP contribution is 2.32. The Labute approximate surface area is 129 Å². The molecule has 0 N–H and O–H groups in total. The fraction of sp³-hybridized carbons (Fsp3) is 0.471. The molecule has 0 amide bonds. The van der Waals surface area contributed by atoms with Gasteiger partial charge in [-0.15, -0.1) is 6.58 Å². The van der Waals surface area contributed by atoms with E-state index in [2.05, 4.69) is 6.58 Å². The molecule has 0 bridgehead atoms. The van der Waals surface area contributed by atoms with Crippen molar-refractivity contribution in [3.63, 3.8) is 0 Å². The molecular weight excluding hydrogens is 293 g/mol. The molecule has 2 nitrogen and oxygen atoms in total. The summed E-state index contributed by atoms with van der Waals surface area (Å²) in [5.41, 5.74) is -0.780. The Hall–Kier alpha value is -1.78. The van der Waals surface area contributed by atoms with E-state index in [1.807, 2.05) is 13.8 Å². The molecule has 22 heavy (non-hydrogen) atoms. The van der Waals surface area contributed by atoms with Gasteiger partial charge >= 0.3 is 5.97 Å². The quantitative estimate of drug-likeness (QED) is 0.328. The molecule has 1 unspecified atom stereocenters. The van der Waals surface area contributed by atoms with Crippen molar-refractivity contribution in [3.05, 3.63) is 41.2 Å². The minimum absolute atomic E-state index is 0.00546. The van der Waals surface area contributed by atoms with Gasteiger partial charge in [-0.3, -0.25) is 4.79 Å². The lowest BCUT2D eigenvalue weighted by molar-refractivity contribution is -0.138. The first kappa shape index (κ1) is 18.3. The Kier molecular flexibility index (Phi) is 6.21. The van der Waals surface area contributed by atoms with Gasteiger partial charge in [-0.25, -0.2) is 13.2 Å². The first-order chi connectivity index (χ1) is 10.2. The maximum Gasteiger partial charge on any atom is 0.318 e. The van der Waals surface area contributed by atoms with Crippen molar-refractivity contribution in [2.24, 2.45) is 11.8 Å². The van der Waals surface area contributed by atoms with Crippen molar-refractivity contribution in [3.8, 4) is 5.75 Å². The topological polar surface area (TPSA) is 26.3 Å². The van der Waals surface area contributed by atoms with E-state index in [0.29, 0.717) is 6.42 Å². The molecule has 122 valence electrons. The van der Waals surface area contributed by atoms with Crippen LogP contribution in [0.15, 0.2) is 12.7 Å². The molecule has 1 atom stereocenters. The minimum atomic E-state index is -1.25. The van der Waals surface area contributed by atoms with Crippen LogP contribution in [0, 0.1) is 36.2 Å². The summed E-state index contributed by atoms with van der Waals surface area (Å²) in [6.07, 6.45) is 1.90. The number of esters is 1. The number of halogens is 3. The van der Waals surface area contributed by atoms with Gasteiger partial charge in [0.2, 0.25) is 0 Å². The maximum atomic E-state index is 14.2. The van der Waals surface area contributed by atoms with Gasteiger partial charge < -0.3 is 4.74 Å². The number of ether oxygens (including phenoxy) is 1. The van der Waals surface area contributed by atoms with Gasteiger partial charge in [-0.1, -0.05) is 26.8 Å². The highest BCUT2D eigenvalue weighted by Gasteiger charge is 2.27. The molecule has 0 saturated heterocycles. The zero-order chi connectivity index (χ0) is 17.0. The molecule has 0 spiro atoms. The predicted molar refractivity (Wildman–Crippen MR) is 79.2 cm³/mol. The number of carbonyl (C=O) groups excluding carboxylic acids is 1. The predicted octanol–water partition coefficient (Wildman–Crippen LogP) is 4.73. The van der Waals surface area contributed by atoms with Gasteiger partial charge in [-0.2, -0.15) is 0 Å². The molecule has 0 radical (unpaired) electrons. The second-order valence-corrected chi connectivity index (χ2v) is 5.62. The van der Waals surface area contributed by atoms with Crippen LogP contribution in [0.4, 0.5) is 13.2 Å². The highest BCUT2D eigenvalue weighted by molar-refractivity contribution is 5.77. The highest BCUT2D eigenvalue weighted by atomic mass is 19.2. The van der Waals surface area contributed by atoms with Gasteiger partial charge in [-0.05, 0) is 25.7 Å². The van der Waals surface area contributed by atoms with Crippen molar-refractivity contribution in [1.29, 1.82) is 0 Å². The standard InChI is InChI=1S/C17H21F3O2/c1-6-11(8-9(3)4)17(21)22-16-12(7-2)15(20)13(18)10(5)14(16)19/h6,9,11H,1,7-8H2,2-5H3. The van der Waals surface area contributed by atoms with Crippen LogP contribution >= 0.6 is 0 Å². The fourth-order valence-corrected chi connectivity index (χ4v) is 2.19. The average molecular weight is 314 g/mol. The number of hydrogen-bond donors (Lipinski definition) is 0. The Bertz CT molecular complexity index is 580. The minimum Gasteiger partial charge on any atom is -0.423 e. The zero-order valence-electron chi connectivity index (χ0n) is 13.3. The first-order valence-electron chi connectivity index (χ1n) is 7.24. The van der Waals surface area contributed by atoms with Gasteiger partial charge in [0.15, 0.2) is 23.2 Å². The smallest absolute Gasteiger partial charge is 0.318 e. The molecule has 1 aromatic rings. The molecule has 0 saturated carbocycles. The molecule has 1 rings (SSSR count). The number of benzene rings is 1. The maximum absolute atomic E-state index is 14.2. The second kappa shape index (κ2) is 7.47. The lowest BCUT2D eigenvalue weighted by atomic mass is 9.97. The Balaban J connectivity index is 3.22. The van der Waals surface area contributed by atoms with Crippen molar-refractivity contribution in [2.75, 3.05) is 0 Å². The largest absolute Gasteiger partial charge is 0.423 e. The SMILES string of the molecule is C=CC(CC(C)C)C(=O)Oc1c(F)c(C)c(F)c(F)c1CC. The fourth-order valence-electron chi connectivity index (χ4n) is 2.19. The monoisotopic (exact) mass is 314 g/mol. The van der Waals surface area contributed by atoms with Crippen LogP contribution in [0.5, 0.6) is 5.75 Å². The van der Waals surface area contributed by atoms with Gasteiger partial charge in [0.1, 0.15) is 0 Å². The van der Waals surface area contributed by atoms with Crippen molar-refractivity contribution in [2.45, 2.75) is 40.5 Å². The molecule has 0 fully saturated rings. The van der Waals surface area contributed by atoms with Crippen LogP contribution in [0.3, 0.4) is 0 Å².